The Balaban J connectivity index is 1.18. The van der Waals surface area contributed by atoms with E-state index in [1.165, 1.54) is 31.5 Å². The first-order valence-electron chi connectivity index (χ1n) is 17.7. The highest BCUT2D eigenvalue weighted by Crippen LogP contribution is 2.33. The lowest BCUT2D eigenvalue weighted by atomic mass is 10.1. The number of amides is 2. The Bertz CT molecular complexity index is 1860. The van der Waals surface area contributed by atoms with E-state index in [4.69, 9.17) is 25.8 Å². The number of carbonyl (C=O) groups excluding carboxylic acids is 2. The second-order valence-corrected chi connectivity index (χ2v) is 13.5. The van der Waals surface area contributed by atoms with Gasteiger partial charge in [0.05, 0.1) is 31.3 Å². The van der Waals surface area contributed by atoms with Crippen LogP contribution in [0.3, 0.4) is 0 Å². The lowest BCUT2D eigenvalue weighted by molar-refractivity contribution is -0.134. The number of nitrogens with zero attached hydrogens (tertiary/aromatic N) is 4. The predicted molar refractivity (Wildman–Crippen MR) is 199 cm³/mol. The quantitative estimate of drug-likeness (QED) is 0.136. The topological polar surface area (TPSA) is 118 Å². The van der Waals surface area contributed by atoms with Gasteiger partial charge in [-0.15, -0.1) is 0 Å². The minimum absolute atomic E-state index is 0.0195. The number of hydrogen-bond acceptors (Lipinski definition) is 9. The first-order chi connectivity index (χ1) is 25.2. The zero-order chi connectivity index (χ0) is 36.5. The highest BCUT2D eigenvalue weighted by Gasteiger charge is 2.22. The average Bonchev–Trinajstić information content (AvgIpc) is 3.14. The van der Waals surface area contributed by atoms with Crippen LogP contribution in [0, 0.1) is 19.7 Å². The smallest absolute Gasteiger partial charge is 0.262 e. The minimum Gasteiger partial charge on any atom is -0.490 e. The fraction of sp³-hybridized carbons (Fsp3) is 0.385. The first-order valence-corrected chi connectivity index (χ1v) is 18.1. The van der Waals surface area contributed by atoms with Crippen molar-refractivity contribution in [3.05, 3.63) is 93.9 Å². The van der Waals surface area contributed by atoms with E-state index in [0.717, 1.165) is 37.2 Å². The minimum atomic E-state index is -0.525. The Morgan fingerprint density at radius 2 is 1.71 bits per heavy atom. The standard InChI is InChI=1S/C39H44ClFN6O5/c1-26-8-6-9-27(2)36(26)44-37(49)30-25-42-39(43-29-11-13-34(32(41)24-29)51-19-7-16-46-14-4-3-5-15-46)45-38(30)52-33-12-10-28(22-31(33)40)23-35(48)47-17-20-50-21-18-47/h6,8-13,22,24-25H,3-5,7,14-21,23H2,1-2H3,(H,44,49)(H,42,43,45). The summed E-state index contributed by atoms with van der Waals surface area (Å²) < 4.78 is 32.3. The number of ether oxygens (including phenoxy) is 3. The van der Waals surface area contributed by atoms with Gasteiger partial charge in [0.25, 0.3) is 5.91 Å². The number of anilines is 3. The monoisotopic (exact) mass is 730 g/mol. The normalized spacial score (nSPS) is 14.9. The number of piperidine rings is 1. The molecule has 2 fully saturated rings. The molecule has 0 saturated carbocycles. The molecule has 0 radical (unpaired) electrons. The molecule has 0 unspecified atom stereocenters. The SMILES string of the molecule is Cc1cccc(C)c1NC(=O)c1cnc(Nc2ccc(OCCCN3CCCCC3)c(F)c2)nc1Oc1ccc(CC(=O)N2CCOCC2)cc1Cl. The number of rotatable bonds is 13. The second kappa shape index (κ2) is 17.6. The van der Waals surface area contributed by atoms with Crippen LogP contribution in [0.5, 0.6) is 17.4 Å². The number of nitrogens with one attached hydrogen (secondary N) is 2. The molecule has 1 aromatic heterocycles. The third kappa shape index (κ3) is 9.75. The molecule has 11 nitrogen and oxygen atoms in total. The van der Waals surface area contributed by atoms with Crippen LogP contribution in [-0.2, 0) is 16.0 Å². The van der Waals surface area contributed by atoms with Crippen molar-refractivity contribution in [2.75, 3.05) is 63.2 Å². The van der Waals surface area contributed by atoms with Crippen LogP contribution < -0.4 is 20.1 Å². The predicted octanol–water partition coefficient (Wildman–Crippen LogP) is 7.33. The largest absolute Gasteiger partial charge is 0.490 e. The molecule has 2 saturated heterocycles. The van der Waals surface area contributed by atoms with Gasteiger partial charge < -0.3 is 34.6 Å². The van der Waals surface area contributed by atoms with Gasteiger partial charge in [-0.3, -0.25) is 9.59 Å². The zero-order valence-corrected chi connectivity index (χ0v) is 30.3. The number of aryl methyl sites for hydroxylation is 2. The summed E-state index contributed by atoms with van der Waals surface area (Å²) in [6.45, 7) is 9.51. The highest BCUT2D eigenvalue weighted by molar-refractivity contribution is 6.32. The number of likely N-dealkylation sites (tertiary alicyclic amines) is 1. The van der Waals surface area contributed by atoms with Crippen molar-refractivity contribution >= 4 is 40.7 Å². The van der Waals surface area contributed by atoms with Crippen LogP contribution >= 0.6 is 11.6 Å². The van der Waals surface area contributed by atoms with E-state index >= 15 is 4.39 Å². The summed E-state index contributed by atoms with van der Waals surface area (Å²) in [7, 11) is 0. The van der Waals surface area contributed by atoms with Crippen LogP contribution in [0.15, 0.2) is 60.8 Å². The molecule has 0 atom stereocenters. The number of aromatic nitrogens is 2. The summed E-state index contributed by atoms with van der Waals surface area (Å²) >= 11 is 6.65. The van der Waals surface area contributed by atoms with Crippen molar-refractivity contribution in [2.24, 2.45) is 0 Å². The summed E-state index contributed by atoms with van der Waals surface area (Å²) in [4.78, 5) is 39.5. The van der Waals surface area contributed by atoms with Gasteiger partial charge in [0.1, 0.15) is 11.3 Å². The molecule has 4 aromatic rings. The summed E-state index contributed by atoms with van der Waals surface area (Å²) in [5.41, 5.74) is 3.58. The summed E-state index contributed by atoms with van der Waals surface area (Å²) in [6, 6.07) is 15.3. The first kappa shape index (κ1) is 37.0. The van der Waals surface area contributed by atoms with Crippen molar-refractivity contribution in [1.82, 2.24) is 19.8 Å². The van der Waals surface area contributed by atoms with Gasteiger partial charge in [0, 0.05) is 43.3 Å². The second-order valence-electron chi connectivity index (χ2n) is 13.0. The van der Waals surface area contributed by atoms with Gasteiger partial charge in [-0.2, -0.15) is 4.98 Å². The number of carbonyl (C=O) groups is 2. The Kier molecular flexibility index (Phi) is 12.5. The lowest BCUT2D eigenvalue weighted by Gasteiger charge is -2.26. The van der Waals surface area contributed by atoms with E-state index in [1.54, 1.807) is 35.2 Å². The third-order valence-corrected chi connectivity index (χ3v) is 9.45. The fourth-order valence-corrected chi connectivity index (χ4v) is 6.51. The van der Waals surface area contributed by atoms with Gasteiger partial charge in [-0.1, -0.05) is 42.3 Å². The fourth-order valence-electron chi connectivity index (χ4n) is 6.27. The van der Waals surface area contributed by atoms with E-state index < -0.39 is 11.7 Å². The molecule has 6 rings (SSSR count). The van der Waals surface area contributed by atoms with Crippen molar-refractivity contribution in [3.8, 4) is 17.4 Å². The van der Waals surface area contributed by atoms with E-state index in [2.05, 4.69) is 25.5 Å². The Labute approximate surface area is 308 Å². The summed E-state index contributed by atoms with van der Waals surface area (Å²) in [5.74, 6) is -0.653. The number of hydrogen-bond donors (Lipinski definition) is 2. The molecule has 2 N–H and O–H groups in total. The number of halogens is 2. The van der Waals surface area contributed by atoms with E-state index in [9.17, 15) is 9.59 Å². The van der Waals surface area contributed by atoms with E-state index in [1.807, 2.05) is 32.0 Å². The average molecular weight is 731 g/mol. The van der Waals surface area contributed by atoms with Crippen LogP contribution in [0.4, 0.5) is 21.7 Å². The zero-order valence-electron chi connectivity index (χ0n) is 29.6. The van der Waals surface area contributed by atoms with Gasteiger partial charge in [0.2, 0.25) is 17.7 Å². The third-order valence-electron chi connectivity index (χ3n) is 9.15. The maximum Gasteiger partial charge on any atom is 0.262 e. The van der Waals surface area contributed by atoms with Crippen LogP contribution in [0.25, 0.3) is 0 Å². The van der Waals surface area contributed by atoms with Crippen LogP contribution in [-0.4, -0.2) is 84.1 Å². The van der Waals surface area contributed by atoms with Gasteiger partial charge >= 0.3 is 0 Å². The van der Waals surface area contributed by atoms with Gasteiger partial charge in [-0.05, 0) is 87.2 Å². The molecule has 3 aromatic carbocycles. The molecule has 0 spiro atoms. The molecular weight excluding hydrogens is 687 g/mol. The maximum absolute atomic E-state index is 15.1. The molecule has 0 bridgehead atoms. The molecule has 3 heterocycles. The Hall–Kier alpha value is -4.78. The van der Waals surface area contributed by atoms with E-state index in [0.29, 0.717) is 49.8 Å². The summed E-state index contributed by atoms with van der Waals surface area (Å²) in [6.07, 6.45) is 6.07. The summed E-state index contributed by atoms with van der Waals surface area (Å²) in [5, 5.41) is 6.18. The molecular formula is C39H44ClFN6O5. The number of benzene rings is 3. The van der Waals surface area contributed by atoms with Crippen molar-refractivity contribution in [1.29, 1.82) is 0 Å². The van der Waals surface area contributed by atoms with Crippen molar-refractivity contribution < 1.29 is 28.2 Å². The van der Waals surface area contributed by atoms with Gasteiger partial charge in [0.15, 0.2) is 11.6 Å². The number of morpholine rings is 1. The molecule has 274 valence electrons. The lowest BCUT2D eigenvalue weighted by Crippen LogP contribution is -2.41. The van der Waals surface area contributed by atoms with Gasteiger partial charge in [-0.25, -0.2) is 9.37 Å². The number of para-hydroxylation sites is 1. The Morgan fingerprint density at radius 3 is 2.44 bits per heavy atom. The highest BCUT2D eigenvalue weighted by atomic mass is 35.5. The van der Waals surface area contributed by atoms with Crippen LogP contribution in [0.1, 0.15) is 52.7 Å². The molecule has 2 aliphatic heterocycles. The molecule has 2 aliphatic rings. The van der Waals surface area contributed by atoms with Crippen LogP contribution in [0.2, 0.25) is 5.02 Å². The van der Waals surface area contributed by atoms with E-state index in [-0.39, 0.29) is 46.2 Å². The molecule has 2 amide bonds. The Morgan fingerprint density at radius 1 is 0.962 bits per heavy atom. The molecule has 52 heavy (non-hydrogen) atoms. The maximum atomic E-state index is 15.1. The molecule has 13 heteroatoms. The van der Waals surface area contributed by atoms with Crippen molar-refractivity contribution in [3.63, 3.8) is 0 Å². The molecule has 0 aliphatic carbocycles. The van der Waals surface area contributed by atoms with Crippen molar-refractivity contribution in [2.45, 2.75) is 46.0 Å².